The van der Waals surface area contributed by atoms with Gasteiger partial charge in [-0.25, -0.2) is 9.67 Å². The van der Waals surface area contributed by atoms with Crippen molar-refractivity contribution >= 4 is 33.4 Å². The minimum Gasteiger partial charge on any atom is -0.240 e. The number of rotatable bonds is 1. The third-order valence-corrected chi connectivity index (χ3v) is 3.88. The van der Waals surface area contributed by atoms with Crippen LogP contribution in [0.4, 0.5) is 0 Å². The zero-order valence-electron chi connectivity index (χ0n) is 11.4. The van der Waals surface area contributed by atoms with Crippen LogP contribution in [0.5, 0.6) is 0 Å². The number of pyridine rings is 1. The molecule has 0 amide bonds. The first-order valence-corrected chi connectivity index (χ1v) is 7.11. The van der Waals surface area contributed by atoms with Crippen LogP contribution in [0.2, 0.25) is 5.15 Å². The number of benzene rings is 2. The summed E-state index contributed by atoms with van der Waals surface area (Å²) in [6.45, 7) is 2.07. The molecule has 4 aromatic rings. The van der Waals surface area contributed by atoms with Gasteiger partial charge in [0.2, 0.25) is 0 Å². The first-order valence-electron chi connectivity index (χ1n) is 6.73. The first kappa shape index (κ1) is 12.4. The number of hydrogen-bond donors (Lipinski definition) is 0. The third-order valence-electron chi connectivity index (χ3n) is 3.62. The van der Waals surface area contributed by atoms with Crippen molar-refractivity contribution in [1.82, 2.24) is 14.8 Å². The highest BCUT2D eigenvalue weighted by Crippen LogP contribution is 2.28. The molecule has 2 aromatic heterocycles. The monoisotopic (exact) mass is 293 g/mol. The molecule has 4 heteroatoms. The van der Waals surface area contributed by atoms with Crippen molar-refractivity contribution in [3.05, 3.63) is 65.4 Å². The molecule has 0 saturated heterocycles. The van der Waals surface area contributed by atoms with E-state index in [-0.39, 0.29) is 0 Å². The average molecular weight is 294 g/mol. The Labute approximate surface area is 126 Å². The van der Waals surface area contributed by atoms with E-state index in [9.17, 15) is 0 Å². The summed E-state index contributed by atoms with van der Waals surface area (Å²) in [5.74, 6) is 0. The highest BCUT2D eigenvalue weighted by molar-refractivity contribution is 6.35. The Morgan fingerprint density at radius 3 is 2.52 bits per heavy atom. The van der Waals surface area contributed by atoms with E-state index in [1.165, 1.54) is 5.56 Å². The van der Waals surface area contributed by atoms with Crippen molar-refractivity contribution in [3.8, 4) is 5.69 Å². The first-order chi connectivity index (χ1) is 10.2. The molecule has 0 spiro atoms. The van der Waals surface area contributed by atoms with Crippen LogP contribution in [0.1, 0.15) is 5.56 Å². The van der Waals surface area contributed by atoms with E-state index in [2.05, 4.69) is 29.1 Å². The van der Waals surface area contributed by atoms with E-state index in [4.69, 9.17) is 11.6 Å². The summed E-state index contributed by atoms with van der Waals surface area (Å²) in [4.78, 5) is 4.41. The Hall–Kier alpha value is -2.39. The molecule has 102 valence electrons. The van der Waals surface area contributed by atoms with E-state index in [1.54, 1.807) is 0 Å². The Morgan fingerprint density at radius 1 is 0.952 bits per heavy atom. The van der Waals surface area contributed by atoms with E-state index in [0.29, 0.717) is 5.15 Å². The number of aryl methyl sites for hydroxylation is 1. The van der Waals surface area contributed by atoms with Crippen molar-refractivity contribution in [3.63, 3.8) is 0 Å². The Kier molecular flexibility index (Phi) is 2.69. The van der Waals surface area contributed by atoms with Crippen molar-refractivity contribution in [1.29, 1.82) is 0 Å². The Morgan fingerprint density at radius 2 is 1.71 bits per heavy atom. The lowest BCUT2D eigenvalue weighted by atomic mass is 10.1. The molecule has 0 bridgehead atoms. The molecule has 21 heavy (non-hydrogen) atoms. The highest BCUT2D eigenvalue weighted by Gasteiger charge is 2.11. The molecule has 0 N–H and O–H groups in total. The fourth-order valence-corrected chi connectivity index (χ4v) is 2.74. The molecule has 3 nitrogen and oxygen atoms in total. The van der Waals surface area contributed by atoms with Gasteiger partial charge in [-0.05, 0) is 25.1 Å². The van der Waals surface area contributed by atoms with E-state index in [0.717, 1.165) is 27.5 Å². The topological polar surface area (TPSA) is 30.7 Å². The fourth-order valence-electron chi connectivity index (χ4n) is 2.51. The maximum Gasteiger partial charge on any atom is 0.157 e. The average Bonchev–Trinajstić information content (AvgIpc) is 2.94. The minimum absolute atomic E-state index is 0.439. The molecule has 0 aliphatic carbocycles. The summed E-state index contributed by atoms with van der Waals surface area (Å²) in [5.41, 5.74) is 3.85. The van der Waals surface area contributed by atoms with Gasteiger partial charge >= 0.3 is 0 Å². The van der Waals surface area contributed by atoms with Crippen LogP contribution in [-0.4, -0.2) is 14.8 Å². The summed E-state index contributed by atoms with van der Waals surface area (Å²) < 4.78 is 1.85. The van der Waals surface area contributed by atoms with E-state index >= 15 is 0 Å². The smallest absolute Gasteiger partial charge is 0.157 e. The van der Waals surface area contributed by atoms with Crippen LogP contribution < -0.4 is 0 Å². The summed E-state index contributed by atoms with van der Waals surface area (Å²) >= 11 is 6.28. The number of halogens is 1. The fraction of sp³-hybridized carbons (Fsp3) is 0.0588. The second-order valence-corrected chi connectivity index (χ2v) is 5.45. The van der Waals surface area contributed by atoms with Gasteiger partial charge < -0.3 is 0 Å². The lowest BCUT2D eigenvalue weighted by Crippen LogP contribution is -1.93. The van der Waals surface area contributed by atoms with Crippen LogP contribution in [0, 0.1) is 6.92 Å². The van der Waals surface area contributed by atoms with Gasteiger partial charge in [0, 0.05) is 17.0 Å². The predicted octanol–water partition coefficient (Wildman–Crippen LogP) is 4.54. The van der Waals surface area contributed by atoms with Gasteiger partial charge in [0.05, 0.1) is 11.2 Å². The normalized spacial score (nSPS) is 11.3. The van der Waals surface area contributed by atoms with Crippen LogP contribution in [-0.2, 0) is 0 Å². The van der Waals surface area contributed by atoms with Crippen molar-refractivity contribution in [2.75, 3.05) is 0 Å². The molecule has 2 aromatic carbocycles. The molecule has 0 aliphatic heterocycles. The zero-order valence-corrected chi connectivity index (χ0v) is 12.2. The number of nitrogens with zero attached hydrogens (tertiary/aromatic N) is 3. The predicted molar refractivity (Wildman–Crippen MR) is 86.1 cm³/mol. The highest BCUT2D eigenvalue weighted by atomic mass is 35.5. The van der Waals surface area contributed by atoms with Gasteiger partial charge in [-0.2, -0.15) is 5.10 Å². The molecular weight excluding hydrogens is 282 g/mol. The van der Waals surface area contributed by atoms with Gasteiger partial charge in [-0.1, -0.05) is 47.5 Å². The lowest BCUT2D eigenvalue weighted by molar-refractivity contribution is 0.895. The molecule has 0 unspecified atom stereocenters. The standard InChI is InChI=1S/C17H12ClN3/c1-11-6-8-12(9-7-11)21-10-14-13-4-2-3-5-15(13)19-17(18)16(14)20-21/h2-10H,1H3. The number of para-hydroxylation sites is 1. The van der Waals surface area contributed by atoms with E-state index in [1.807, 2.05) is 47.3 Å². The molecule has 2 heterocycles. The molecule has 0 fully saturated rings. The maximum absolute atomic E-state index is 6.28. The molecular formula is C17H12ClN3. The van der Waals surface area contributed by atoms with Crippen LogP contribution in [0.15, 0.2) is 54.7 Å². The van der Waals surface area contributed by atoms with Crippen LogP contribution in [0.3, 0.4) is 0 Å². The number of fused-ring (bicyclic) bond motifs is 3. The second-order valence-electron chi connectivity index (χ2n) is 5.09. The van der Waals surface area contributed by atoms with E-state index < -0.39 is 0 Å². The molecule has 0 aliphatic rings. The summed E-state index contributed by atoms with van der Waals surface area (Å²) in [6, 6.07) is 16.2. The summed E-state index contributed by atoms with van der Waals surface area (Å²) in [6.07, 6.45) is 2.01. The summed E-state index contributed by atoms with van der Waals surface area (Å²) in [7, 11) is 0. The lowest BCUT2D eigenvalue weighted by Gasteiger charge is -2.00. The second kappa shape index (κ2) is 4.57. The molecule has 0 radical (unpaired) electrons. The minimum atomic E-state index is 0.439. The summed E-state index contributed by atoms with van der Waals surface area (Å²) in [5, 5.41) is 7.11. The van der Waals surface area contributed by atoms with Crippen LogP contribution in [0.25, 0.3) is 27.5 Å². The van der Waals surface area contributed by atoms with Gasteiger partial charge in [-0.15, -0.1) is 0 Å². The molecule has 0 saturated carbocycles. The van der Waals surface area contributed by atoms with Crippen LogP contribution >= 0.6 is 11.6 Å². The number of hydrogen-bond acceptors (Lipinski definition) is 2. The Balaban J connectivity index is 2.03. The van der Waals surface area contributed by atoms with Gasteiger partial charge in [0.1, 0.15) is 5.52 Å². The quantitative estimate of drug-likeness (QED) is 0.483. The van der Waals surface area contributed by atoms with Crippen molar-refractivity contribution in [2.45, 2.75) is 6.92 Å². The van der Waals surface area contributed by atoms with Crippen molar-refractivity contribution < 1.29 is 0 Å². The largest absolute Gasteiger partial charge is 0.240 e. The van der Waals surface area contributed by atoms with Crippen molar-refractivity contribution in [2.24, 2.45) is 0 Å². The van der Waals surface area contributed by atoms with Gasteiger partial charge in [0.25, 0.3) is 0 Å². The zero-order chi connectivity index (χ0) is 14.4. The molecule has 4 rings (SSSR count). The van der Waals surface area contributed by atoms with Gasteiger partial charge in [0.15, 0.2) is 5.15 Å². The number of aromatic nitrogens is 3. The maximum atomic E-state index is 6.28. The third kappa shape index (κ3) is 1.98. The molecule has 0 atom stereocenters. The SMILES string of the molecule is Cc1ccc(-n2cc3c(n2)c(Cl)nc2ccccc23)cc1. The Bertz CT molecular complexity index is 955. The van der Waals surface area contributed by atoms with Gasteiger partial charge in [-0.3, -0.25) is 0 Å².